The van der Waals surface area contributed by atoms with Gasteiger partial charge in [0.25, 0.3) is 0 Å². The first-order valence-corrected chi connectivity index (χ1v) is 5.67. The predicted octanol–water partition coefficient (Wildman–Crippen LogP) is 1.80. The SMILES string of the molecule is CC1CCCC1NCC1CCOC1. The van der Waals surface area contributed by atoms with Crippen molar-refractivity contribution >= 4 is 0 Å². The standard InChI is InChI=1S/C11H21NO/c1-9-3-2-4-11(9)12-7-10-5-6-13-8-10/h9-12H,2-8H2,1H3. The van der Waals surface area contributed by atoms with E-state index in [1.807, 2.05) is 0 Å². The molecular weight excluding hydrogens is 162 g/mol. The summed E-state index contributed by atoms with van der Waals surface area (Å²) in [6, 6.07) is 0.792. The third-order valence-electron chi connectivity index (χ3n) is 3.55. The van der Waals surface area contributed by atoms with Gasteiger partial charge in [-0.2, -0.15) is 0 Å². The predicted molar refractivity (Wildman–Crippen MR) is 53.7 cm³/mol. The lowest BCUT2D eigenvalue weighted by atomic mass is 10.0. The summed E-state index contributed by atoms with van der Waals surface area (Å²) in [6.07, 6.45) is 5.47. The highest BCUT2D eigenvalue weighted by Gasteiger charge is 2.24. The van der Waals surface area contributed by atoms with Crippen LogP contribution in [0.3, 0.4) is 0 Å². The minimum absolute atomic E-state index is 0.785. The summed E-state index contributed by atoms with van der Waals surface area (Å²) in [5.41, 5.74) is 0. The third-order valence-corrected chi connectivity index (χ3v) is 3.55. The van der Waals surface area contributed by atoms with Crippen LogP contribution in [-0.2, 0) is 4.74 Å². The number of rotatable bonds is 3. The van der Waals surface area contributed by atoms with Crippen LogP contribution >= 0.6 is 0 Å². The highest BCUT2D eigenvalue weighted by molar-refractivity contribution is 4.81. The highest BCUT2D eigenvalue weighted by Crippen LogP contribution is 2.25. The number of hydrogen-bond donors (Lipinski definition) is 1. The normalized spacial score (nSPS) is 39.9. The van der Waals surface area contributed by atoms with Crippen molar-refractivity contribution in [2.24, 2.45) is 11.8 Å². The number of nitrogens with one attached hydrogen (secondary N) is 1. The molecular formula is C11H21NO. The van der Waals surface area contributed by atoms with E-state index in [0.717, 1.165) is 31.1 Å². The van der Waals surface area contributed by atoms with Crippen LogP contribution < -0.4 is 5.32 Å². The molecule has 0 bridgehead atoms. The van der Waals surface area contributed by atoms with Crippen LogP contribution in [0, 0.1) is 11.8 Å². The first-order valence-electron chi connectivity index (χ1n) is 5.67. The van der Waals surface area contributed by atoms with E-state index in [2.05, 4.69) is 12.2 Å². The molecule has 2 nitrogen and oxygen atoms in total. The summed E-state index contributed by atoms with van der Waals surface area (Å²) in [4.78, 5) is 0. The topological polar surface area (TPSA) is 21.3 Å². The van der Waals surface area contributed by atoms with Crippen LogP contribution in [0.2, 0.25) is 0 Å². The Morgan fingerprint density at radius 1 is 1.31 bits per heavy atom. The van der Waals surface area contributed by atoms with E-state index < -0.39 is 0 Å². The van der Waals surface area contributed by atoms with Crippen LogP contribution in [0.5, 0.6) is 0 Å². The molecule has 2 heteroatoms. The van der Waals surface area contributed by atoms with Gasteiger partial charge in [0.15, 0.2) is 0 Å². The molecule has 1 heterocycles. The quantitative estimate of drug-likeness (QED) is 0.720. The molecule has 0 spiro atoms. The minimum atomic E-state index is 0.785. The van der Waals surface area contributed by atoms with E-state index in [9.17, 15) is 0 Å². The van der Waals surface area contributed by atoms with Crippen molar-refractivity contribution in [3.63, 3.8) is 0 Å². The Labute approximate surface area is 81.0 Å². The van der Waals surface area contributed by atoms with Gasteiger partial charge < -0.3 is 10.1 Å². The zero-order valence-corrected chi connectivity index (χ0v) is 8.59. The summed E-state index contributed by atoms with van der Waals surface area (Å²) in [7, 11) is 0. The highest BCUT2D eigenvalue weighted by atomic mass is 16.5. The zero-order chi connectivity index (χ0) is 9.10. The fourth-order valence-electron chi connectivity index (χ4n) is 2.51. The Bertz CT molecular complexity index is 154. The lowest BCUT2D eigenvalue weighted by Gasteiger charge is -2.19. The van der Waals surface area contributed by atoms with Crippen LogP contribution in [0.4, 0.5) is 0 Å². The van der Waals surface area contributed by atoms with Gasteiger partial charge in [0.05, 0.1) is 6.61 Å². The fourth-order valence-corrected chi connectivity index (χ4v) is 2.51. The summed E-state index contributed by atoms with van der Waals surface area (Å²) in [6.45, 7) is 5.51. The maximum atomic E-state index is 5.36. The van der Waals surface area contributed by atoms with Gasteiger partial charge in [-0.3, -0.25) is 0 Å². The van der Waals surface area contributed by atoms with E-state index in [0.29, 0.717) is 0 Å². The molecule has 2 fully saturated rings. The molecule has 2 rings (SSSR count). The summed E-state index contributed by atoms with van der Waals surface area (Å²) in [5.74, 6) is 1.68. The third kappa shape index (κ3) is 2.44. The van der Waals surface area contributed by atoms with Gasteiger partial charge in [0.2, 0.25) is 0 Å². The van der Waals surface area contributed by atoms with E-state index >= 15 is 0 Å². The van der Waals surface area contributed by atoms with E-state index in [1.54, 1.807) is 0 Å². The smallest absolute Gasteiger partial charge is 0.0507 e. The van der Waals surface area contributed by atoms with Gasteiger partial charge in [-0.15, -0.1) is 0 Å². The molecule has 0 aromatic heterocycles. The van der Waals surface area contributed by atoms with Crippen molar-refractivity contribution < 1.29 is 4.74 Å². The average molecular weight is 183 g/mol. The van der Waals surface area contributed by atoms with Crippen LogP contribution in [0.15, 0.2) is 0 Å². The van der Waals surface area contributed by atoms with Crippen molar-refractivity contribution in [1.29, 1.82) is 0 Å². The molecule has 1 N–H and O–H groups in total. The first-order chi connectivity index (χ1) is 6.36. The Hall–Kier alpha value is -0.0800. The molecule has 3 atom stereocenters. The van der Waals surface area contributed by atoms with Crippen molar-refractivity contribution in [2.75, 3.05) is 19.8 Å². The van der Waals surface area contributed by atoms with Gasteiger partial charge in [-0.25, -0.2) is 0 Å². The average Bonchev–Trinajstić information content (AvgIpc) is 2.72. The molecule has 13 heavy (non-hydrogen) atoms. The number of hydrogen-bond acceptors (Lipinski definition) is 2. The minimum Gasteiger partial charge on any atom is -0.381 e. The van der Waals surface area contributed by atoms with Crippen molar-refractivity contribution in [1.82, 2.24) is 5.32 Å². The lowest BCUT2D eigenvalue weighted by molar-refractivity contribution is 0.184. The summed E-state index contributed by atoms with van der Waals surface area (Å²) in [5, 5.41) is 3.69. The van der Waals surface area contributed by atoms with E-state index in [-0.39, 0.29) is 0 Å². The second kappa shape index (κ2) is 4.43. The first kappa shape index (κ1) is 9.47. The number of ether oxygens (including phenoxy) is 1. The van der Waals surface area contributed by atoms with Gasteiger partial charge in [-0.05, 0) is 31.1 Å². The molecule has 3 unspecified atom stereocenters. The fraction of sp³-hybridized carbons (Fsp3) is 1.00. The van der Waals surface area contributed by atoms with E-state index in [1.165, 1.54) is 32.2 Å². The monoisotopic (exact) mass is 183 g/mol. The zero-order valence-electron chi connectivity index (χ0n) is 8.59. The summed E-state index contributed by atoms with van der Waals surface area (Å²) >= 11 is 0. The molecule has 0 amide bonds. The Balaban J connectivity index is 1.66. The van der Waals surface area contributed by atoms with Gasteiger partial charge in [-0.1, -0.05) is 13.3 Å². The van der Waals surface area contributed by atoms with E-state index in [4.69, 9.17) is 4.74 Å². The lowest BCUT2D eigenvalue weighted by Crippen LogP contribution is -2.35. The molecule has 2 aliphatic rings. The maximum absolute atomic E-state index is 5.36. The van der Waals surface area contributed by atoms with Crippen LogP contribution in [0.25, 0.3) is 0 Å². The van der Waals surface area contributed by atoms with Gasteiger partial charge in [0.1, 0.15) is 0 Å². The van der Waals surface area contributed by atoms with Crippen LogP contribution in [-0.4, -0.2) is 25.8 Å². The molecule has 0 aromatic carbocycles. The van der Waals surface area contributed by atoms with Crippen molar-refractivity contribution in [2.45, 2.75) is 38.6 Å². The molecule has 1 aliphatic carbocycles. The van der Waals surface area contributed by atoms with Crippen LogP contribution in [0.1, 0.15) is 32.6 Å². The molecule has 1 saturated carbocycles. The Morgan fingerprint density at radius 3 is 2.85 bits per heavy atom. The second-order valence-corrected chi connectivity index (χ2v) is 4.65. The van der Waals surface area contributed by atoms with Crippen molar-refractivity contribution in [3.8, 4) is 0 Å². The Morgan fingerprint density at radius 2 is 2.23 bits per heavy atom. The molecule has 0 aromatic rings. The summed E-state index contributed by atoms with van der Waals surface area (Å²) < 4.78 is 5.36. The van der Waals surface area contributed by atoms with Gasteiger partial charge in [0, 0.05) is 19.2 Å². The maximum Gasteiger partial charge on any atom is 0.0507 e. The molecule has 76 valence electrons. The molecule has 0 radical (unpaired) electrons. The molecule has 1 saturated heterocycles. The Kier molecular flexibility index (Phi) is 3.23. The molecule has 1 aliphatic heterocycles. The van der Waals surface area contributed by atoms with Gasteiger partial charge >= 0.3 is 0 Å². The largest absolute Gasteiger partial charge is 0.381 e. The second-order valence-electron chi connectivity index (χ2n) is 4.65. The van der Waals surface area contributed by atoms with Crippen molar-refractivity contribution in [3.05, 3.63) is 0 Å².